The van der Waals surface area contributed by atoms with Crippen LogP contribution >= 0.6 is 0 Å². The van der Waals surface area contributed by atoms with E-state index in [-0.39, 0.29) is 22.4 Å². The molecule has 0 amide bonds. The van der Waals surface area contributed by atoms with E-state index in [4.69, 9.17) is 4.74 Å². The summed E-state index contributed by atoms with van der Waals surface area (Å²) in [5.74, 6) is -5.34. The minimum atomic E-state index is -1.31. The lowest BCUT2D eigenvalue weighted by Crippen LogP contribution is -2.12. The summed E-state index contributed by atoms with van der Waals surface area (Å²) in [4.78, 5) is 12.5. The summed E-state index contributed by atoms with van der Waals surface area (Å²) in [7, 11) is 0. The van der Waals surface area contributed by atoms with Crippen molar-refractivity contribution in [3.05, 3.63) is 113 Å². The Morgan fingerprint density at radius 3 is 1.81 bits per heavy atom. The molecule has 0 aliphatic carbocycles. The third-order valence-corrected chi connectivity index (χ3v) is 6.02. The second-order valence-electron chi connectivity index (χ2n) is 8.40. The molecule has 0 unspecified atom stereocenters. The van der Waals surface area contributed by atoms with Gasteiger partial charge in [0.1, 0.15) is 5.75 Å². The Kier molecular flexibility index (Phi) is 7.53. The van der Waals surface area contributed by atoms with E-state index in [0.29, 0.717) is 17.5 Å². The van der Waals surface area contributed by atoms with Gasteiger partial charge in [0.2, 0.25) is 0 Å². The molecule has 0 N–H and O–H groups in total. The fourth-order valence-corrected chi connectivity index (χ4v) is 4.02. The van der Waals surface area contributed by atoms with Crippen LogP contribution in [0, 0.1) is 23.3 Å². The van der Waals surface area contributed by atoms with Gasteiger partial charge in [-0.25, -0.2) is 22.4 Å². The fraction of sp³-hybridized carbons (Fsp3) is 0.167. The minimum absolute atomic E-state index is 0.0415. The highest BCUT2D eigenvalue weighted by atomic mass is 19.2. The Morgan fingerprint density at radius 1 is 0.667 bits per heavy atom. The molecule has 4 aromatic carbocycles. The van der Waals surface area contributed by atoms with Gasteiger partial charge in [-0.05, 0) is 53.3 Å². The summed E-state index contributed by atoms with van der Waals surface area (Å²) in [5, 5.41) is 0. The van der Waals surface area contributed by atoms with Crippen molar-refractivity contribution in [2.24, 2.45) is 0 Å². The van der Waals surface area contributed by atoms with E-state index in [0.717, 1.165) is 18.4 Å². The Balaban J connectivity index is 1.52. The monoisotopic (exact) mass is 492 g/mol. The van der Waals surface area contributed by atoms with E-state index in [1.807, 2.05) is 12.1 Å². The first-order chi connectivity index (χ1) is 17.3. The molecule has 0 saturated heterocycles. The van der Waals surface area contributed by atoms with Crippen molar-refractivity contribution >= 4 is 5.97 Å². The number of ether oxygens (including phenoxy) is 1. The van der Waals surface area contributed by atoms with Crippen LogP contribution in [0.25, 0.3) is 22.3 Å². The highest BCUT2D eigenvalue weighted by Gasteiger charge is 2.21. The molecule has 6 heteroatoms. The summed E-state index contributed by atoms with van der Waals surface area (Å²) >= 11 is 0. The van der Waals surface area contributed by atoms with Gasteiger partial charge in [-0.1, -0.05) is 74.9 Å². The molecular weight excluding hydrogens is 468 g/mol. The third kappa shape index (κ3) is 5.03. The highest BCUT2D eigenvalue weighted by molar-refractivity contribution is 5.92. The molecule has 4 rings (SSSR count). The molecule has 0 heterocycles. The molecule has 0 atom stereocenters. The molecule has 0 bridgehead atoms. The molecule has 0 spiro atoms. The summed E-state index contributed by atoms with van der Waals surface area (Å²) in [6.07, 6.45) is 2.23. The SMILES string of the molecule is CCCc1ccc(-c2ccc(C(=O)Oc3ccc(-c4ccc(CC)c(F)c4F)cc3)c(F)c2F)cc1. The van der Waals surface area contributed by atoms with E-state index < -0.39 is 34.8 Å². The Morgan fingerprint density at radius 2 is 1.22 bits per heavy atom. The topological polar surface area (TPSA) is 26.3 Å². The van der Waals surface area contributed by atoms with Gasteiger partial charge in [-0.15, -0.1) is 0 Å². The van der Waals surface area contributed by atoms with E-state index >= 15 is 0 Å². The van der Waals surface area contributed by atoms with Gasteiger partial charge in [0.25, 0.3) is 0 Å². The fourth-order valence-electron chi connectivity index (χ4n) is 4.02. The minimum Gasteiger partial charge on any atom is -0.423 e. The van der Waals surface area contributed by atoms with Crippen LogP contribution in [0.2, 0.25) is 0 Å². The summed E-state index contributed by atoms with van der Waals surface area (Å²) in [6, 6.07) is 18.3. The maximum Gasteiger partial charge on any atom is 0.346 e. The molecule has 184 valence electrons. The van der Waals surface area contributed by atoms with Gasteiger partial charge in [0.15, 0.2) is 23.3 Å². The second-order valence-corrected chi connectivity index (χ2v) is 8.40. The molecule has 36 heavy (non-hydrogen) atoms. The first-order valence-corrected chi connectivity index (χ1v) is 11.7. The Bertz CT molecular complexity index is 1390. The zero-order chi connectivity index (χ0) is 25.8. The van der Waals surface area contributed by atoms with E-state index in [2.05, 4.69) is 6.92 Å². The molecule has 0 aliphatic heterocycles. The van der Waals surface area contributed by atoms with Crippen molar-refractivity contribution in [1.82, 2.24) is 0 Å². The maximum atomic E-state index is 14.8. The second kappa shape index (κ2) is 10.8. The quantitative estimate of drug-likeness (QED) is 0.147. The first-order valence-electron chi connectivity index (χ1n) is 11.7. The van der Waals surface area contributed by atoms with Crippen LogP contribution in [0.1, 0.15) is 41.8 Å². The summed E-state index contributed by atoms with van der Waals surface area (Å²) in [6.45, 7) is 3.79. The van der Waals surface area contributed by atoms with Crippen molar-refractivity contribution < 1.29 is 27.1 Å². The lowest BCUT2D eigenvalue weighted by molar-refractivity contribution is 0.0728. The normalized spacial score (nSPS) is 10.9. The molecular formula is C30H24F4O2. The molecule has 0 fully saturated rings. The number of halogens is 4. The number of carbonyl (C=O) groups is 1. The number of carbonyl (C=O) groups excluding carboxylic acids is 1. The molecule has 0 aromatic heterocycles. The first kappa shape index (κ1) is 25.2. The zero-order valence-corrected chi connectivity index (χ0v) is 19.9. The van der Waals surface area contributed by atoms with Crippen LogP contribution in [0.3, 0.4) is 0 Å². The third-order valence-electron chi connectivity index (χ3n) is 6.02. The van der Waals surface area contributed by atoms with Gasteiger partial charge < -0.3 is 4.74 Å². The smallest absolute Gasteiger partial charge is 0.346 e. The summed E-state index contributed by atoms with van der Waals surface area (Å²) in [5.41, 5.74) is 1.80. The molecule has 0 aliphatic rings. The number of hydrogen-bond donors (Lipinski definition) is 0. The van der Waals surface area contributed by atoms with Crippen molar-refractivity contribution in [2.45, 2.75) is 33.1 Å². The van der Waals surface area contributed by atoms with Crippen LogP contribution < -0.4 is 4.74 Å². The van der Waals surface area contributed by atoms with Crippen molar-refractivity contribution in [3.63, 3.8) is 0 Å². The molecule has 0 saturated carbocycles. The largest absolute Gasteiger partial charge is 0.423 e. The lowest BCUT2D eigenvalue weighted by Gasteiger charge is -2.11. The van der Waals surface area contributed by atoms with Gasteiger partial charge >= 0.3 is 5.97 Å². The number of aryl methyl sites for hydroxylation is 2. The number of benzene rings is 4. The Hall–Kier alpha value is -3.93. The highest BCUT2D eigenvalue weighted by Crippen LogP contribution is 2.30. The van der Waals surface area contributed by atoms with E-state index in [1.165, 1.54) is 48.5 Å². The number of rotatable bonds is 7. The average Bonchev–Trinajstić information content (AvgIpc) is 2.88. The lowest BCUT2D eigenvalue weighted by atomic mass is 10.00. The number of esters is 1. The molecule has 2 nitrogen and oxygen atoms in total. The van der Waals surface area contributed by atoms with Crippen LogP contribution in [0.4, 0.5) is 17.6 Å². The van der Waals surface area contributed by atoms with Crippen molar-refractivity contribution in [1.29, 1.82) is 0 Å². The van der Waals surface area contributed by atoms with Gasteiger partial charge in [0.05, 0.1) is 5.56 Å². The van der Waals surface area contributed by atoms with Crippen molar-refractivity contribution in [3.8, 4) is 28.0 Å². The predicted octanol–water partition coefficient (Wildman–Crippen LogP) is 8.31. The Labute approximate surface area is 207 Å². The van der Waals surface area contributed by atoms with Crippen LogP contribution in [-0.2, 0) is 12.8 Å². The molecule has 0 radical (unpaired) electrons. The van der Waals surface area contributed by atoms with Crippen LogP contribution in [0.15, 0.2) is 72.8 Å². The van der Waals surface area contributed by atoms with Crippen LogP contribution in [-0.4, -0.2) is 5.97 Å². The summed E-state index contributed by atoms with van der Waals surface area (Å²) < 4.78 is 63.3. The maximum absolute atomic E-state index is 14.8. The predicted molar refractivity (Wildman–Crippen MR) is 132 cm³/mol. The van der Waals surface area contributed by atoms with Gasteiger partial charge in [0, 0.05) is 11.1 Å². The van der Waals surface area contributed by atoms with Gasteiger partial charge in [-0.3, -0.25) is 0 Å². The standard InChI is InChI=1S/C30H24F4O2/c1-3-5-18-6-8-20(9-7-18)24-16-17-25(29(34)28(24)33)30(35)36-22-13-10-21(11-14-22)23-15-12-19(4-2)26(31)27(23)32/h6-17H,3-5H2,1-2H3. The number of hydrogen-bond acceptors (Lipinski definition) is 2. The zero-order valence-electron chi connectivity index (χ0n) is 19.9. The van der Waals surface area contributed by atoms with E-state index in [9.17, 15) is 22.4 Å². The van der Waals surface area contributed by atoms with Crippen LogP contribution in [0.5, 0.6) is 5.75 Å². The molecule has 4 aromatic rings. The van der Waals surface area contributed by atoms with Gasteiger partial charge in [-0.2, -0.15) is 0 Å². The van der Waals surface area contributed by atoms with Crippen molar-refractivity contribution in [2.75, 3.05) is 0 Å². The average molecular weight is 493 g/mol. The van der Waals surface area contributed by atoms with E-state index in [1.54, 1.807) is 19.1 Å².